The molecule has 0 aliphatic carbocycles. The summed E-state index contributed by atoms with van der Waals surface area (Å²) in [5.41, 5.74) is 4.99. The van der Waals surface area contributed by atoms with E-state index in [2.05, 4.69) is 39.9 Å². The van der Waals surface area contributed by atoms with Crippen molar-refractivity contribution in [2.24, 2.45) is 7.05 Å². The van der Waals surface area contributed by atoms with Crippen molar-refractivity contribution in [3.8, 4) is 22.5 Å². The molecule has 0 amide bonds. The van der Waals surface area contributed by atoms with Gasteiger partial charge in [-0.05, 0) is 53.8 Å². The average molecular weight is 520 g/mol. The highest BCUT2D eigenvalue weighted by molar-refractivity contribution is 5.80. The molecule has 39 heavy (non-hydrogen) atoms. The summed E-state index contributed by atoms with van der Waals surface area (Å²) in [6.07, 6.45) is 3.49. The molecule has 0 saturated heterocycles. The van der Waals surface area contributed by atoms with Crippen molar-refractivity contribution < 1.29 is 4.39 Å². The van der Waals surface area contributed by atoms with Crippen LogP contribution in [0.5, 0.6) is 0 Å². The van der Waals surface area contributed by atoms with Gasteiger partial charge in [0, 0.05) is 32.0 Å². The number of halogens is 1. The van der Waals surface area contributed by atoms with Gasteiger partial charge < -0.3 is 10.6 Å². The molecule has 0 spiro atoms. The number of anilines is 2. The molecular formula is C32H30FN5O. The zero-order chi connectivity index (χ0) is 27.0. The lowest BCUT2D eigenvalue weighted by Gasteiger charge is -2.16. The third kappa shape index (κ3) is 6.38. The van der Waals surface area contributed by atoms with Crippen molar-refractivity contribution in [2.75, 3.05) is 17.2 Å². The Kier molecular flexibility index (Phi) is 8.07. The SMILES string of the molecule is Cn1c(NCCCc2ccccc2)nc(-c2cc(NCc3ccccc3)ccn2)c(-c2ccc(F)cc2)c1=O. The highest BCUT2D eigenvalue weighted by atomic mass is 19.1. The summed E-state index contributed by atoms with van der Waals surface area (Å²) in [6, 6.07) is 30.0. The molecule has 0 radical (unpaired) electrons. The summed E-state index contributed by atoms with van der Waals surface area (Å²) in [5.74, 6) is 0.0883. The van der Waals surface area contributed by atoms with Gasteiger partial charge in [-0.2, -0.15) is 0 Å². The molecule has 0 aliphatic rings. The van der Waals surface area contributed by atoms with Crippen LogP contribution in [-0.2, 0) is 20.0 Å². The number of rotatable bonds is 10. The van der Waals surface area contributed by atoms with Gasteiger partial charge in [-0.25, -0.2) is 9.37 Å². The van der Waals surface area contributed by atoms with Crippen molar-refractivity contribution in [3.63, 3.8) is 0 Å². The highest BCUT2D eigenvalue weighted by Gasteiger charge is 2.19. The molecule has 0 unspecified atom stereocenters. The molecule has 5 aromatic rings. The molecule has 0 bridgehead atoms. The number of nitrogens with zero attached hydrogens (tertiary/aromatic N) is 3. The smallest absolute Gasteiger partial charge is 0.263 e. The third-order valence-corrected chi connectivity index (χ3v) is 6.53. The van der Waals surface area contributed by atoms with E-state index in [9.17, 15) is 9.18 Å². The number of hydrogen-bond donors (Lipinski definition) is 2. The lowest BCUT2D eigenvalue weighted by molar-refractivity contribution is 0.628. The quantitative estimate of drug-likeness (QED) is 0.212. The number of aryl methyl sites for hydroxylation is 1. The Labute approximate surface area is 227 Å². The van der Waals surface area contributed by atoms with Gasteiger partial charge in [-0.3, -0.25) is 14.3 Å². The fourth-order valence-electron chi connectivity index (χ4n) is 4.43. The molecule has 2 N–H and O–H groups in total. The first-order chi connectivity index (χ1) is 19.1. The largest absolute Gasteiger partial charge is 0.381 e. The van der Waals surface area contributed by atoms with Gasteiger partial charge in [0.25, 0.3) is 5.56 Å². The molecule has 5 rings (SSSR count). The van der Waals surface area contributed by atoms with Gasteiger partial charge in [-0.15, -0.1) is 0 Å². The van der Waals surface area contributed by atoms with Crippen molar-refractivity contribution in [1.29, 1.82) is 0 Å². The maximum Gasteiger partial charge on any atom is 0.263 e. The van der Waals surface area contributed by atoms with Crippen LogP contribution in [0.2, 0.25) is 0 Å². The zero-order valence-electron chi connectivity index (χ0n) is 21.8. The van der Waals surface area contributed by atoms with Crippen LogP contribution in [0.4, 0.5) is 16.0 Å². The van der Waals surface area contributed by atoms with Gasteiger partial charge in [0.15, 0.2) is 0 Å². The van der Waals surface area contributed by atoms with Crippen molar-refractivity contribution in [2.45, 2.75) is 19.4 Å². The fourth-order valence-corrected chi connectivity index (χ4v) is 4.43. The minimum Gasteiger partial charge on any atom is -0.381 e. The zero-order valence-corrected chi connectivity index (χ0v) is 21.8. The van der Waals surface area contributed by atoms with E-state index in [-0.39, 0.29) is 11.4 Å². The summed E-state index contributed by atoms with van der Waals surface area (Å²) in [6.45, 7) is 1.30. The van der Waals surface area contributed by atoms with Crippen LogP contribution in [0.15, 0.2) is 108 Å². The second-order valence-electron chi connectivity index (χ2n) is 9.31. The molecular weight excluding hydrogens is 489 g/mol. The molecule has 0 atom stereocenters. The van der Waals surface area contributed by atoms with Gasteiger partial charge in [-0.1, -0.05) is 72.8 Å². The van der Waals surface area contributed by atoms with E-state index >= 15 is 0 Å². The molecule has 0 saturated carbocycles. The Hall–Kier alpha value is -4.78. The van der Waals surface area contributed by atoms with Gasteiger partial charge >= 0.3 is 0 Å². The molecule has 2 aromatic heterocycles. The summed E-state index contributed by atoms with van der Waals surface area (Å²) < 4.78 is 15.2. The average Bonchev–Trinajstić information content (AvgIpc) is 2.98. The topological polar surface area (TPSA) is 71.8 Å². The minimum atomic E-state index is -0.368. The predicted molar refractivity (Wildman–Crippen MR) is 155 cm³/mol. The van der Waals surface area contributed by atoms with Crippen LogP contribution < -0.4 is 16.2 Å². The van der Waals surface area contributed by atoms with Crippen molar-refractivity contribution in [1.82, 2.24) is 14.5 Å². The van der Waals surface area contributed by atoms with Gasteiger partial charge in [0.1, 0.15) is 11.5 Å². The maximum atomic E-state index is 13.7. The van der Waals surface area contributed by atoms with Crippen LogP contribution in [0, 0.1) is 5.82 Å². The molecule has 6 nitrogen and oxygen atoms in total. The van der Waals surface area contributed by atoms with Crippen LogP contribution >= 0.6 is 0 Å². The molecule has 3 aromatic carbocycles. The normalized spacial score (nSPS) is 10.8. The number of pyridine rings is 1. The Morgan fingerprint density at radius 1 is 0.846 bits per heavy atom. The standard InChI is InChI=1S/C32H30FN5O/c1-38-31(39)29(25-14-16-26(33)17-15-25)30(37-32(38)35-19-8-13-23-9-4-2-5-10-23)28-21-27(18-20-34-28)36-22-24-11-6-3-7-12-24/h2-7,9-12,14-18,20-21H,8,13,19,22H2,1H3,(H,34,36)(H,35,37). The molecule has 0 fully saturated rings. The van der Waals surface area contributed by atoms with E-state index in [1.807, 2.05) is 48.5 Å². The molecule has 7 heteroatoms. The number of hydrogen-bond acceptors (Lipinski definition) is 5. The first-order valence-electron chi connectivity index (χ1n) is 13.0. The Morgan fingerprint density at radius 2 is 1.54 bits per heavy atom. The lowest BCUT2D eigenvalue weighted by Crippen LogP contribution is -2.25. The maximum absolute atomic E-state index is 13.7. The van der Waals surface area contributed by atoms with Crippen LogP contribution in [0.3, 0.4) is 0 Å². The summed E-state index contributed by atoms with van der Waals surface area (Å²) >= 11 is 0. The van der Waals surface area contributed by atoms with E-state index in [0.717, 1.165) is 24.1 Å². The van der Waals surface area contributed by atoms with Gasteiger partial charge in [0.05, 0.1) is 11.3 Å². The number of nitrogens with one attached hydrogen (secondary N) is 2. The first-order valence-corrected chi connectivity index (χ1v) is 13.0. The first kappa shape index (κ1) is 25.9. The number of benzene rings is 3. The fraction of sp³-hybridized carbons (Fsp3) is 0.156. The van der Waals surface area contributed by atoms with E-state index in [1.165, 1.54) is 22.3 Å². The van der Waals surface area contributed by atoms with E-state index in [1.54, 1.807) is 25.4 Å². The molecule has 2 heterocycles. The van der Waals surface area contributed by atoms with E-state index < -0.39 is 0 Å². The van der Waals surface area contributed by atoms with Gasteiger partial charge in [0.2, 0.25) is 5.95 Å². The second kappa shape index (κ2) is 12.2. The molecule has 0 aliphatic heterocycles. The van der Waals surface area contributed by atoms with E-state index in [4.69, 9.17) is 4.98 Å². The number of aromatic nitrogens is 3. The Morgan fingerprint density at radius 3 is 2.26 bits per heavy atom. The van der Waals surface area contributed by atoms with Crippen LogP contribution in [0.1, 0.15) is 17.5 Å². The molecule has 196 valence electrons. The predicted octanol–water partition coefficient (Wildman–Crippen LogP) is 6.31. The van der Waals surface area contributed by atoms with Crippen LogP contribution in [-0.4, -0.2) is 21.1 Å². The van der Waals surface area contributed by atoms with E-state index in [0.29, 0.717) is 41.6 Å². The lowest BCUT2D eigenvalue weighted by atomic mass is 10.0. The highest BCUT2D eigenvalue weighted by Crippen LogP contribution is 2.29. The summed E-state index contributed by atoms with van der Waals surface area (Å²) in [7, 11) is 1.69. The summed E-state index contributed by atoms with van der Waals surface area (Å²) in [4.78, 5) is 23.1. The minimum absolute atomic E-state index is 0.235. The second-order valence-corrected chi connectivity index (χ2v) is 9.31. The van der Waals surface area contributed by atoms with Crippen molar-refractivity contribution >= 4 is 11.6 Å². The van der Waals surface area contributed by atoms with Crippen LogP contribution in [0.25, 0.3) is 22.5 Å². The summed E-state index contributed by atoms with van der Waals surface area (Å²) in [5, 5.41) is 6.75. The monoisotopic (exact) mass is 519 g/mol. The Bertz CT molecular complexity index is 1590. The third-order valence-electron chi connectivity index (χ3n) is 6.53. The Balaban J connectivity index is 1.46. The van der Waals surface area contributed by atoms with Crippen molar-refractivity contribution in [3.05, 3.63) is 131 Å².